The summed E-state index contributed by atoms with van der Waals surface area (Å²) in [5.41, 5.74) is 2.49. The number of benzene rings is 1. The van der Waals surface area contributed by atoms with Crippen LogP contribution in [0.4, 0.5) is 0 Å². The Morgan fingerprint density at radius 3 is 2.74 bits per heavy atom. The van der Waals surface area contributed by atoms with Gasteiger partial charge in [0.05, 0.1) is 10.9 Å². The predicted octanol–water partition coefficient (Wildman–Crippen LogP) is 3.04. The lowest BCUT2D eigenvalue weighted by molar-refractivity contribution is 0.261. The summed E-state index contributed by atoms with van der Waals surface area (Å²) in [6, 6.07) is 12.6. The number of aromatic nitrogens is 3. The van der Waals surface area contributed by atoms with E-state index < -0.39 is 0 Å². The normalized spacial score (nSPS) is 14.7. The van der Waals surface area contributed by atoms with Gasteiger partial charge in [0.25, 0.3) is 5.56 Å². The Kier molecular flexibility index (Phi) is 4.01. The third-order valence-electron chi connectivity index (χ3n) is 4.88. The van der Waals surface area contributed by atoms with Crippen molar-refractivity contribution in [3.05, 3.63) is 69.5 Å². The van der Waals surface area contributed by atoms with Crippen LogP contribution in [0.3, 0.4) is 0 Å². The van der Waals surface area contributed by atoms with Gasteiger partial charge in [-0.15, -0.1) is 0 Å². The smallest absolute Gasteiger partial charge is 0.261 e. The largest absolute Gasteiger partial charge is 0.296 e. The van der Waals surface area contributed by atoms with E-state index in [2.05, 4.69) is 30.7 Å². The van der Waals surface area contributed by atoms with Crippen LogP contribution in [0, 0.1) is 28.6 Å². The molecule has 0 N–H and O–H groups in total. The second kappa shape index (κ2) is 6.37. The highest BCUT2D eigenvalue weighted by Crippen LogP contribution is 2.30. The molecule has 132 valence electrons. The number of hydrogen-bond donors (Lipinski definition) is 0. The number of nitriles is 1. The second-order valence-corrected chi connectivity index (χ2v) is 7.58. The van der Waals surface area contributed by atoms with E-state index in [0.29, 0.717) is 28.8 Å². The Morgan fingerprint density at radius 2 is 1.93 bits per heavy atom. The van der Waals surface area contributed by atoms with E-state index >= 15 is 0 Å². The van der Waals surface area contributed by atoms with Gasteiger partial charge in [0.2, 0.25) is 0 Å². The molecule has 0 saturated heterocycles. The molecule has 0 atom stereocenters. The molecule has 0 saturated carbocycles. The van der Waals surface area contributed by atoms with Crippen molar-refractivity contribution in [2.24, 2.45) is 5.41 Å². The number of pyridine rings is 1. The third kappa shape index (κ3) is 3.32. The molecule has 2 aromatic heterocycles. The fraction of sp³-hybridized carbons (Fsp3) is 0.273. The Balaban J connectivity index is 1.76. The van der Waals surface area contributed by atoms with Crippen molar-refractivity contribution < 1.29 is 0 Å². The number of rotatable bonds is 0. The van der Waals surface area contributed by atoms with Crippen molar-refractivity contribution in [2.45, 2.75) is 33.2 Å². The maximum absolute atomic E-state index is 12.8. The van der Waals surface area contributed by atoms with Crippen LogP contribution in [0.25, 0.3) is 10.9 Å². The van der Waals surface area contributed by atoms with Crippen LogP contribution in [-0.4, -0.2) is 14.5 Å². The molecule has 0 fully saturated rings. The van der Waals surface area contributed by atoms with Crippen LogP contribution < -0.4 is 5.56 Å². The topological polar surface area (TPSA) is 71.6 Å². The van der Waals surface area contributed by atoms with E-state index in [-0.39, 0.29) is 11.0 Å². The molecule has 3 heterocycles. The van der Waals surface area contributed by atoms with Crippen molar-refractivity contribution in [2.75, 3.05) is 0 Å². The van der Waals surface area contributed by atoms with Crippen LogP contribution >= 0.6 is 0 Å². The summed E-state index contributed by atoms with van der Waals surface area (Å²) >= 11 is 0. The first-order valence-corrected chi connectivity index (χ1v) is 8.88. The van der Waals surface area contributed by atoms with Gasteiger partial charge in [-0.05, 0) is 48.1 Å². The van der Waals surface area contributed by atoms with Crippen LogP contribution in [0.15, 0.2) is 41.2 Å². The van der Waals surface area contributed by atoms with Gasteiger partial charge in [0, 0.05) is 18.5 Å². The standard InChI is InChI=1S/C22H18N4O/c1-22(2)10-11-26-20(13-22)25-19-12-15(7-9-18(19)21(26)27)6-8-16-4-3-5-17(14-23)24-16/h3-5,7,9,12H,10-11,13H2,1-2H3. The van der Waals surface area contributed by atoms with E-state index in [1.54, 1.807) is 28.8 Å². The average molecular weight is 354 g/mol. The minimum Gasteiger partial charge on any atom is -0.296 e. The average Bonchev–Trinajstić information content (AvgIpc) is 2.65. The van der Waals surface area contributed by atoms with Crippen LogP contribution in [0.1, 0.15) is 43.0 Å². The maximum atomic E-state index is 12.8. The van der Waals surface area contributed by atoms with Gasteiger partial charge < -0.3 is 0 Å². The maximum Gasteiger partial charge on any atom is 0.261 e. The van der Waals surface area contributed by atoms with Gasteiger partial charge in [-0.2, -0.15) is 5.26 Å². The Morgan fingerprint density at radius 1 is 1.11 bits per heavy atom. The summed E-state index contributed by atoms with van der Waals surface area (Å²) in [4.78, 5) is 21.7. The molecule has 0 radical (unpaired) electrons. The molecule has 3 aromatic rings. The van der Waals surface area contributed by atoms with Gasteiger partial charge in [0.1, 0.15) is 23.3 Å². The first-order chi connectivity index (χ1) is 12.9. The molecule has 1 aromatic carbocycles. The first-order valence-electron chi connectivity index (χ1n) is 8.88. The van der Waals surface area contributed by atoms with Crippen molar-refractivity contribution in [3.8, 4) is 17.9 Å². The summed E-state index contributed by atoms with van der Waals surface area (Å²) in [7, 11) is 0. The highest BCUT2D eigenvalue weighted by Gasteiger charge is 2.27. The lowest BCUT2D eigenvalue weighted by Gasteiger charge is -2.31. The quantitative estimate of drug-likeness (QED) is 0.582. The SMILES string of the molecule is CC1(C)CCn2c(nc3cc(C#Cc4cccc(C#N)n4)ccc3c2=O)C1. The highest BCUT2D eigenvalue weighted by atomic mass is 16.1. The molecular weight excluding hydrogens is 336 g/mol. The molecule has 0 bridgehead atoms. The number of hydrogen-bond acceptors (Lipinski definition) is 4. The fourth-order valence-electron chi connectivity index (χ4n) is 3.34. The molecule has 5 heteroatoms. The van der Waals surface area contributed by atoms with Gasteiger partial charge in [-0.1, -0.05) is 25.8 Å². The molecule has 0 unspecified atom stereocenters. The minimum atomic E-state index is 0.0217. The predicted molar refractivity (Wildman–Crippen MR) is 103 cm³/mol. The summed E-state index contributed by atoms with van der Waals surface area (Å²) in [6.45, 7) is 5.13. The summed E-state index contributed by atoms with van der Waals surface area (Å²) in [5.74, 6) is 6.86. The molecule has 4 rings (SSSR count). The van der Waals surface area contributed by atoms with Crippen molar-refractivity contribution in [3.63, 3.8) is 0 Å². The molecular formula is C22H18N4O. The van der Waals surface area contributed by atoms with Crippen LogP contribution in [0.5, 0.6) is 0 Å². The highest BCUT2D eigenvalue weighted by molar-refractivity contribution is 5.79. The van der Waals surface area contributed by atoms with E-state index in [0.717, 1.165) is 24.2 Å². The zero-order chi connectivity index (χ0) is 19.0. The fourth-order valence-corrected chi connectivity index (χ4v) is 3.34. The van der Waals surface area contributed by atoms with Gasteiger partial charge in [0.15, 0.2) is 0 Å². The van der Waals surface area contributed by atoms with E-state index in [4.69, 9.17) is 10.2 Å². The van der Waals surface area contributed by atoms with Crippen molar-refractivity contribution >= 4 is 10.9 Å². The van der Waals surface area contributed by atoms with Crippen LogP contribution in [0.2, 0.25) is 0 Å². The monoisotopic (exact) mass is 354 g/mol. The Hall–Kier alpha value is -3.44. The molecule has 0 spiro atoms. The molecule has 0 aliphatic carbocycles. The number of nitrogens with zero attached hydrogens (tertiary/aromatic N) is 4. The lowest BCUT2D eigenvalue weighted by atomic mass is 9.83. The van der Waals surface area contributed by atoms with Crippen LogP contribution in [-0.2, 0) is 13.0 Å². The zero-order valence-electron chi connectivity index (χ0n) is 15.3. The van der Waals surface area contributed by atoms with Crippen molar-refractivity contribution in [1.29, 1.82) is 5.26 Å². The molecule has 1 aliphatic heterocycles. The van der Waals surface area contributed by atoms with Crippen molar-refractivity contribution in [1.82, 2.24) is 14.5 Å². The van der Waals surface area contributed by atoms with Gasteiger partial charge in [-0.3, -0.25) is 9.36 Å². The summed E-state index contributed by atoms with van der Waals surface area (Å²) in [6.07, 6.45) is 1.77. The van der Waals surface area contributed by atoms with Gasteiger partial charge >= 0.3 is 0 Å². The molecule has 0 amide bonds. The number of fused-ring (bicyclic) bond motifs is 2. The Labute approximate surface area is 157 Å². The van der Waals surface area contributed by atoms with E-state index in [1.165, 1.54) is 0 Å². The van der Waals surface area contributed by atoms with E-state index in [9.17, 15) is 4.79 Å². The molecule has 27 heavy (non-hydrogen) atoms. The second-order valence-electron chi connectivity index (χ2n) is 7.58. The first kappa shape index (κ1) is 17.0. The lowest BCUT2D eigenvalue weighted by Crippen LogP contribution is -2.35. The summed E-state index contributed by atoms with van der Waals surface area (Å²) < 4.78 is 1.80. The van der Waals surface area contributed by atoms with Gasteiger partial charge in [-0.25, -0.2) is 9.97 Å². The Bertz CT molecular complexity index is 1220. The summed E-state index contributed by atoms with van der Waals surface area (Å²) in [5, 5.41) is 9.54. The minimum absolute atomic E-state index is 0.0217. The molecule has 5 nitrogen and oxygen atoms in total. The zero-order valence-corrected chi connectivity index (χ0v) is 15.3. The third-order valence-corrected chi connectivity index (χ3v) is 4.88. The molecule has 1 aliphatic rings. The van der Waals surface area contributed by atoms with E-state index in [1.807, 2.05) is 18.2 Å².